The van der Waals surface area contributed by atoms with E-state index in [1.165, 1.54) is 0 Å². The Bertz CT molecular complexity index is 843. The highest BCUT2D eigenvalue weighted by atomic mass is 16.5. The van der Waals surface area contributed by atoms with E-state index in [2.05, 4.69) is 29.2 Å². The fourth-order valence-corrected chi connectivity index (χ4v) is 4.34. The maximum atomic E-state index is 12.6. The molecule has 0 bridgehead atoms. The predicted octanol–water partition coefficient (Wildman–Crippen LogP) is 2.72. The molecule has 2 aliphatic rings. The summed E-state index contributed by atoms with van der Waals surface area (Å²) in [7, 11) is 1.71. The highest BCUT2D eigenvalue weighted by Gasteiger charge is 2.26. The van der Waals surface area contributed by atoms with Gasteiger partial charge in [-0.1, -0.05) is 24.3 Å². The number of ether oxygens (including phenoxy) is 2. The Morgan fingerprint density at radius 3 is 2.60 bits per heavy atom. The van der Waals surface area contributed by atoms with Crippen LogP contribution in [0.5, 0.6) is 5.75 Å². The van der Waals surface area contributed by atoms with Crippen molar-refractivity contribution < 1.29 is 14.3 Å². The van der Waals surface area contributed by atoms with Gasteiger partial charge in [-0.2, -0.15) is 0 Å². The second-order valence-electron chi connectivity index (χ2n) is 8.09. The molecule has 0 aliphatic carbocycles. The normalized spacial score (nSPS) is 18.4. The Morgan fingerprint density at radius 1 is 1.07 bits per heavy atom. The standard InChI is InChI=1S/C24H31N3O3/c1-29-23-8-3-2-5-20(23)17-21-6-4-7-22(25-21)19-9-11-27(12-10-19)24(28)18-26-13-15-30-16-14-26/h2-8,19H,9-18H2,1H3. The summed E-state index contributed by atoms with van der Waals surface area (Å²) < 4.78 is 10.8. The number of para-hydroxylation sites is 1. The van der Waals surface area contributed by atoms with Gasteiger partial charge in [-0.25, -0.2) is 0 Å². The molecule has 0 unspecified atom stereocenters. The van der Waals surface area contributed by atoms with E-state index in [9.17, 15) is 4.79 Å². The number of carbonyl (C=O) groups is 1. The van der Waals surface area contributed by atoms with Gasteiger partial charge in [0.05, 0.1) is 26.9 Å². The van der Waals surface area contributed by atoms with Crippen LogP contribution in [0.4, 0.5) is 0 Å². The summed E-state index contributed by atoms with van der Waals surface area (Å²) in [6, 6.07) is 14.4. The summed E-state index contributed by atoms with van der Waals surface area (Å²) >= 11 is 0. The van der Waals surface area contributed by atoms with Gasteiger partial charge < -0.3 is 14.4 Å². The molecule has 1 aromatic heterocycles. The van der Waals surface area contributed by atoms with Crippen molar-refractivity contribution in [2.45, 2.75) is 25.2 Å². The SMILES string of the molecule is COc1ccccc1Cc1cccc(C2CCN(C(=O)CN3CCOCC3)CC2)n1. The first-order valence-corrected chi connectivity index (χ1v) is 10.9. The van der Waals surface area contributed by atoms with Crippen molar-refractivity contribution in [3.8, 4) is 5.75 Å². The molecule has 6 nitrogen and oxygen atoms in total. The molecule has 0 N–H and O–H groups in total. The minimum atomic E-state index is 0.244. The second-order valence-corrected chi connectivity index (χ2v) is 8.09. The zero-order chi connectivity index (χ0) is 20.8. The number of benzene rings is 1. The highest BCUT2D eigenvalue weighted by molar-refractivity contribution is 5.78. The summed E-state index contributed by atoms with van der Waals surface area (Å²) in [6.45, 7) is 5.30. The molecule has 1 amide bonds. The van der Waals surface area contributed by atoms with Crippen LogP contribution in [-0.4, -0.2) is 73.7 Å². The molecule has 6 heteroatoms. The minimum Gasteiger partial charge on any atom is -0.496 e. The number of amides is 1. The molecular weight excluding hydrogens is 378 g/mol. The van der Waals surface area contributed by atoms with Crippen LogP contribution in [0.2, 0.25) is 0 Å². The number of piperidine rings is 1. The second kappa shape index (κ2) is 10.0. The number of carbonyl (C=O) groups excluding carboxylic acids is 1. The largest absolute Gasteiger partial charge is 0.496 e. The molecule has 30 heavy (non-hydrogen) atoms. The zero-order valence-electron chi connectivity index (χ0n) is 17.8. The topological polar surface area (TPSA) is 54.9 Å². The van der Waals surface area contributed by atoms with Gasteiger partial charge in [0.1, 0.15) is 5.75 Å². The van der Waals surface area contributed by atoms with Crippen molar-refractivity contribution in [3.05, 3.63) is 59.4 Å². The van der Waals surface area contributed by atoms with Crippen molar-refractivity contribution in [2.24, 2.45) is 0 Å². The Hall–Kier alpha value is -2.44. The Kier molecular flexibility index (Phi) is 6.97. The van der Waals surface area contributed by atoms with Gasteiger partial charge in [-0.15, -0.1) is 0 Å². The number of aromatic nitrogens is 1. The van der Waals surface area contributed by atoms with Crippen LogP contribution in [0.15, 0.2) is 42.5 Å². The molecule has 0 saturated carbocycles. The Balaban J connectivity index is 1.33. The third kappa shape index (κ3) is 5.18. The maximum Gasteiger partial charge on any atom is 0.236 e. The molecule has 3 heterocycles. The molecular formula is C24H31N3O3. The molecule has 1 aromatic carbocycles. The number of morpholine rings is 1. The summed E-state index contributed by atoms with van der Waals surface area (Å²) in [4.78, 5) is 21.8. The van der Waals surface area contributed by atoms with E-state index in [4.69, 9.17) is 14.5 Å². The van der Waals surface area contributed by atoms with E-state index in [1.54, 1.807) is 7.11 Å². The highest BCUT2D eigenvalue weighted by Crippen LogP contribution is 2.28. The van der Waals surface area contributed by atoms with E-state index in [0.717, 1.165) is 81.4 Å². The number of pyridine rings is 1. The van der Waals surface area contributed by atoms with Gasteiger partial charge in [-0.3, -0.25) is 14.7 Å². The Morgan fingerprint density at radius 2 is 1.83 bits per heavy atom. The van der Waals surface area contributed by atoms with E-state index >= 15 is 0 Å². The lowest BCUT2D eigenvalue weighted by molar-refractivity contribution is -0.134. The lowest BCUT2D eigenvalue weighted by Crippen LogP contribution is -2.46. The third-order valence-electron chi connectivity index (χ3n) is 6.12. The van der Waals surface area contributed by atoms with Gasteiger partial charge in [-0.05, 0) is 31.0 Å². The fraction of sp³-hybridized carbons (Fsp3) is 0.500. The molecule has 0 radical (unpaired) electrons. The average molecular weight is 410 g/mol. The molecule has 4 rings (SSSR count). The van der Waals surface area contributed by atoms with Crippen LogP contribution in [-0.2, 0) is 16.0 Å². The maximum absolute atomic E-state index is 12.6. The van der Waals surface area contributed by atoms with Gasteiger partial charge in [0.15, 0.2) is 0 Å². The number of hydrogen-bond donors (Lipinski definition) is 0. The third-order valence-corrected chi connectivity index (χ3v) is 6.12. The van der Waals surface area contributed by atoms with Crippen molar-refractivity contribution in [1.29, 1.82) is 0 Å². The lowest BCUT2D eigenvalue weighted by atomic mass is 9.92. The number of rotatable bonds is 6. The zero-order valence-corrected chi connectivity index (χ0v) is 17.8. The van der Waals surface area contributed by atoms with Crippen LogP contribution in [0.3, 0.4) is 0 Å². The van der Waals surface area contributed by atoms with Crippen LogP contribution < -0.4 is 4.74 Å². The van der Waals surface area contributed by atoms with Gasteiger partial charge in [0, 0.05) is 55.5 Å². The molecule has 0 spiro atoms. The van der Waals surface area contributed by atoms with Crippen molar-refractivity contribution in [2.75, 3.05) is 53.0 Å². The van der Waals surface area contributed by atoms with E-state index in [-0.39, 0.29) is 5.91 Å². The molecule has 2 fully saturated rings. The van der Waals surface area contributed by atoms with Gasteiger partial charge in [0.2, 0.25) is 5.91 Å². The van der Waals surface area contributed by atoms with E-state index in [1.807, 2.05) is 23.1 Å². The predicted molar refractivity (Wildman–Crippen MR) is 116 cm³/mol. The first-order valence-electron chi connectivity index (χ1n) is 10.9. The molecule has 160 valence electrons. The van der Waals surface area contributed by atoms with Crippen LogP contribution in [0.1, 0.15) is 35.7 Å². The summed E-state index contributed by atoms with van der Waals surface area (Å²) in [5.74, 6) is 1.56. The van der Waals surface area contributed by atoms with Crippen LogP contribution in [0, 0.1) is 0 Å². The average Bonchev–Trinajstić information content (AvgIpc) is 2.80. The Labute approximate surface area is 178 Å². The quantitative estimate of drug-likeness (QED) is 0.734. The molecule has 2 saturated heterocycles. The van der Waals surface area contributed by atoms with Crippen molar-refractivity contribution in [1.82, 2.24) is 14.8 Å². The van der Waals surface area contributed by atoms with E-state index in [0.29, 0.717) is 12.5 Å². The van der Waals surface area contributed by atoms with Crippen LogP contribution >= 0.6 is 0 Å². The number of nitrogens with zero attached hydrogens (tertiary/aromatic N) is 3. The number of likely N-dealkylation sites (tertiary alicyclic amines) is 1. The first-order chi connectivity index (χ1) is 14.7. The van der Waals surface area contributed by atoms with Crippen molar-refractivity contribution >= 4 is 5.91 Å². The smallest absolute Gasteiger partial charge is 0.236 e. The monoisotopic (exact) mass is 409 g/mol. The summed E-state index contributed by atoms with van der Waals surface area (Å²) in [5.41, 5.74) is 3.35. The van der Waals surface area contributed by atoms with Gasteiger partial charge in [0.25, 0.3) is 0 Å². The van der Waals surface area contributed by atoms with Crippen molar-refractivity contribution in [3.63, 3.8) is 0 Å². The number of methoxy groups -OCH3 is 1. The summed E-state index contributed by atoms with van der Waals surface area (Å²) in [6.07, 6.45) is 2.70. The van der Waals surface area contributed by atoms with Gasteiger partial charge >= 0.3 is 0 Å². The summed E-state index contributed by atoms with van der Waals surface area (Å²) in [5, 5.41) is 0. The lowest BCUT2D eigenvalue weighted by Gasteiger charge is -2.34. The molecule has 2 aliphatic heterocycles. The molecule has 0 atom stereocenters. The van der Waals surface area contributed by atoms with E-state index < -0.39 is 0 Å². The van der Waals surface area contributed by atoms with Crippen LogP contribution in [0.25, 0.3) is 0 Å². The first kappa shape index (κ1) is 20.8. The fourth-order valence-electron chi connectivity index (χ4n) is 4.34. The molecule has 2 aromatic rings. The number of hydrogen-bond acceptors (Lipinski definition) is 5. The minimum absolute atomic E-state index is 0.244.